The van der Waals surface area contributed by atoms with Crippen LogP contribution in [0.15, 0.2) is 18.2 Å². The van der Waals surface area contributed by atoms with Crippen LogP contribution in [0.2, 0.25) is 0 Å². The molecule has 0 aliphatic rings. The molecule has 0 spiro atoms. The van der Waals surface area contributed by atoms with Crippen molar-refractivity contribution in [1.82, 2.24) is 0 Å². The maximum Gasteiger partial charge on any atom is 2.00 e. The molecule has 0 atom stereocenters. The van der Waals surface area contributed by atoms with Crippen LogP contribution >= 0.6 is 0 Å². The maximum atomic E-state index is 12.6. The van der Waals surface area contributed by atoms with Crippen molar-refractivity contribution >= 4 is 12.6 Å². The van der Waals surface area contributed by atoms with Crippen LogP contribution < -0.4 is 0 Å². The van der Waals surface area contributed by atoms with Gasteiger partial charge in [0, 0.05) is 0 Å². The van der Waals surface area contributed by atoms with E-state index in [-0.39, 0.29) is 28.2 Å². The first kappa shape index (κ1) is 11.0. The van der Waals surface area contributed by atoms with Gasteiger partial charge in [0.1, 0.15) is 0 Å². The van der Waals surface area contributed by atoms with Crippen molar-refractivity contribution in [3.63, 3.8) is 0 Å². The molecule has 61 valence electrons. The molecule has 1 radical (unpaired) electrons. The van der Waals surface area contributed by atoms with E-state index < -0.39 is 5.82 Å². The zero-order valence-corrected chi connectivity index (χ0v) is 6.98. The second kappa shape index (κ2) is 4.80. The summed E-state index contributed by atoms with van der Waals surface area (Å²) < 4.78 is 12.6. The van der Waals surface area contributed by atoms with E-state index in [0.717, 1.165) is 6.07 Å². The molecule has 0 saturated heterocycles. The number of carbonyl (C=O) groups excluding carboxylic acids is 2. The summed E-state index contributed by atoms with van der Waals surface area (Å²) in [6.45, 7) is 0. The van der Waals surface area contributed by atoms with Gasteiger partial charge in [0.15, 0.2) is 0 Å². The summed E-state index contributed by atoms with van der Waals surface area (Å²) in [6.07, 6.45) is 2.76. The van der Waals surface area contributed by atoms with E-state index in [1.807, 2.05) is 0 Å². The van der Waals surface area contributed by atoms with Gasteiger partial charge in [-0.05, 0) is 18.4 Å². The van der Waals surface area contributed by atoms with Gasteiger partial charge in [-0.3, -0.25) is 9.95 Å². The first-order valence-electron chi connectivity index (χ1n) is 2.84. The third-order valence-electron chi connectivity index (χ3n) is 1.23. The van der Waals surface area contributed by atoms with E-state index in [4.69, 9.17) is 0 Å². The van der Waals surface area contributed by atoms with E-state index >= 15 is 0 Å². The van der Waals surface area contributed by atoms with Gasteiger partial charge < -0.3 is 9.59 Å². The minimum absolute atomic E-state index is 0. The minimum atomic E-state index is -0.749. The predicted octanol–water partition coefficient (Wildman–Crippen LogP) is 0.739. The van der Waals surface area contributed by atoms with Crippen LogP contribution in [-0.4, -0.2) is 12.6 Å². The molecule has 0 unspecified atom stereocenters. The van der Waals surface area contributed by atoms with E-state index in [0.29, 0.717) is 0 Å². The molecule has 1 aromatic carbocycles. The summed E-state index contributed by atoms with van der Waals surface area (Å²) in [5.74, 6) is -0.749. The van der Waals surface area contributed by atoms with Crippen LogP contribution in [0.25, 0.3) is 0 Å². The average molecular weight is 205 g/mol. The zero-order valence-electron chi connectivity index (χ0n) is 5.80. The molecule has 0 aliphatic heterocycles. The Balaban J connectivity index is 0.00000121. The summed E-state index contributed by atoms with van der Waals surface area (Å²) in [5.41, 5.74) is -0.456. The molecular weight excluding hydrogens is 202 g/mol. The van der Waals surface area contributed by atoms with Crippen molar-refractivity contribution < 1.29 is 31.0 Å². The molecule has 0 saturated carbocycles. The molecule has 2 nitrogen and oxygen atoms in total. The molecule has 0 bridgehead atoms. The average Bonchev–Trinajstić information content (AvgIpc) is 2.04. The van der Waals surface area contributed by atoms with Gasteiger partial charge in [-0.1, -0.05) is 0 Å². The van der Waals surface area contributed by atoms with E-state index in [2.05, 4.69) is 0 Å². The van der Waals surface area contributed by atoms with E-state index in [9.17, 15) is 14.0 Å². The molecule has 1 aromatic rings. The number of benzene rings is 1. The summed E-state index contributed by atoms with van der Waals surface area (Å²) in [4.78, 5) is 20.1. The zero-order chi connectivity index (χ0) is 8.27. The van der Waals surface area contributed by atoms with Crippen LogP contribution in [0.3, 0.4) is 0 Å². The Labute approximate surface area is 79.2 Å². The fraction of sp³-hybridized carbons (Fsp3) is 0. The number of hydrogen-bond donors (Lipinski definition) is 0. The maximum absolute atomic E-state index is 12.6. The van der Waals surface area contributed by atoms with Crippen LogP contribution in [0, 0.1) is 5.82 Å². The Morgan fingerprint density at radius 2 is 1.83 bits per heavy atom. The topological polar surface area (TPSA) is 34.1 Å². The smallest absolute Gasteiger partial charge is 0.391 e. The molecule has 0 heterocycles. The first-order valence-corrected chi connectivity index (χ1v) is 2.84. The Morgan fingerprint density at radius 1 is 1.17 bits per heavy atom. The summed E-state index contributed by atoms with van der Waals surface area (Å²) in [7, 11) is 0. The van der Waals surface area contributed by atoms with Crippen LogP contribution in [0.5, 0.6) is 0 Å². The Kier molecular flexibility index (Phi) is 4.40. The predicted molar refractivity (Wildman–Crippen MR) is 36.0 cm³/mol. The largest absolute Gasteiger partial charge is 2.00 e. The van der Waals surface area contributed by atoms with Gasteiger partial charge in [-0.25, -0.2) is 11.6 Å². The van der Waals surface area contributed by atoms with Crippen molar-refractivity contribution in [3.05, 3.63) is 35.1 Å². The van der Waals surface area contributed by atoms with Crippen molar-refractivity contribution in [2.45, 2.75) is 0 Å². The van der Waals surface area contributed by atoms with Crippen LogP contribution in [0.4, 0.5) is 4.39 Å². The Morgan fingerprint density at radius 3 is 2.25 bits per heavy atom. The SMILES string of the molecule is O=[C-]c1cccc(F)c1[C-]=O.[Mn+2]. The van der Waals surface area contributed by atoms with Crippen LogP contribution in [0.1, 0.15) is 11.1 Å². The molecule has 1 rings (SSSR count). The van der Waals surface area contributed by atoms with Gasteiger partial charge in [-0.2, -0.15) is 0 Å². The monoisotopic (exact) mass is 205 g/mol. The normalized spacial score (nSPS) is 8.42. The molecular formula is C8H3FMnO2. The van der Waals surface area contributed by atoms with Crippen molar-refractivity contribution in [1.29, 1.82) is 0 Å². The van der Waals surface area contributed by atoms with Crippen molar-refractivity contribution in [2.75, 3.05) is 0 Å². The fourth-order valence-electron chi connectivity index (χ4n) is 0.713. The standard InChI is InChI=1S/C8H3FO2.Mn/c9-8-3-1-2-6(4-10)7(8)5-11;/h1-3H;/q-2;+2. The molecule has 4 heteroatoms. The molecule has 0 aliphatic carbocycles. The number of hydrogen-bond acceptors (Lipinski definition) is 2. The van der Waals surface area contributed by atoms with Gasteiger partial charge in [0.05, 0.1) is 0 Å². The fourth-order valence-corrected chi connectivity index (χ4v) is 0.713. The molecule has 0 aromatic heterocycles. The second-order valence-electron chi connectivity index (χ2n) is 1.87. The summed E-state index contributed by atoms with van der Waals surface area (Å²) in [5, 5.41) is 0. The van der Waals surface area contributed by atoms with E-state index in [1.165, 1.54) is 24.7 Å². The quantitative estimate of drug-likeness (QED) is 0.527. The van der Waals surface area contributed by atoms with Crippen molar-refractivity contribution in [3.8, 4) is 0 Å². The number of rotatable bonds is 2. The van der Waals surface area contributed by atoms with Gasteiger partial charge in [0.25, 0.3) is 0 Å². The minimum Gasteiger partial charge on any atom is -0.391 e. The second-order valence-corrected chi connectivity index (χ2v) is 1.87. The Hall–Kier alpha value is -0.991. The molecule has 0 fully saturated rings. The number of halogens is 1. The third kappa shape index (κ3) is 2.00. The third-order valence-corrected chi connectivity index (χ3v) is 1.23. The molecule has 0 N–H and O–H groups in total. The summed E-state index contributed by atoms with van der Waals surface area (Å²) >= 11 is 0. The van der Waals surface area contributed by atoms with Crippen molar-refractivity contribution in [2.24, 2.45) is 0 Å². The molecule has 12 heavy (non-hydrogen) atoms. The first-order chi connectivity index (χ1) is 5.29. The van der Waals surface area contributed by atoms with Gasteiger partial charge >= 0.3 is 17.1 Å². The molecule has 0 amide bonds. The van der Waals surface area contributed by atoms with Crippen LogP contribution in [-0.2, 0) is 26.7 Å². The Bertz CT molecular complexity index is 299. The van der Waals surface area contributed by atoms with Gasteiger partial charge in [0.2, 0.25) is 0 Å². The van der Waals surface area contributed by atoms with E-state index in [1.54, 1.807) is 0 Å². The summed E-state index contributed by atoms with van der Waals surface area (Å²) in [6, 6.07) is 3.72. The van der Waals surface area contributed by atoms with Gasteiger partial charge in [-0.15, -0.1) is 12.1 Å².